The van der Waals surface area contributed by atoms with Gasteiger partial charge in [-0.25, -0.2) is 9.78 Å². The fourth-order valence-corrected chi connectivity index (χ4v) is 6.15. The van der Waals surface area contributed by atoms with E-state index in [2.05, 4.69) is 9.97 Å². The number of carbonyl (C=O) groups excluding carboxylic acids is 2. The molecule has 2 aliphatic heterocycles. The number of rotatable bonds is 6. The summed E-state index contributed by atoms with van der Waals surface area (Å²) in [7, 11) is 0. The van der Waals surface area contributed by atoms with E-state index in [4.69, 9.17) is 26.1 Å². The van der Waals surface area contributed by atoms with Gasteiger partial charge in [-0.1, -0.05) is 17.7 Å². The van der Waals surface area contributed by atoms with Gasteiger partial charge in [0.05, 0.1) is 28.8 Å². The zero-order valence-corrected chi connectivity index (χ0v) is 23.8. The number of carboxylic acids is 1. The molecular formula is C32H27ClN4O6. The van der Waals surface area contributed by atoms with E-state index in [1.165, 1.54) is 12.3 Å². The van der Waals surface area contributed by atoms with Crippen LogP contribution < -0.4 is 9.47 Å². The molecule has 1 saturated heterocycles. The van der Waals surface area contributed by atoms with Crippen LogP contribution in [0.1, 0.15) is 74.9 Å². The van der Waals surface area contributed by atoms with Gasteiger partial charge >= 0.3 is 5.97 Å². The maximum absolute atomic E-state index is 13.7. The summed E-state index contributed by atoms with van der Waals surface area (Å²) in [4.78, 5) is 53.5. The second-order valence-corrected chi connectivity index (χ2v) is 11.5. The molecule has 10 nitrogen and oxygen atoms in total. The highest BCUT2D eigenvalue weighted by Gasteiger charge is 2.44. The van der Waals surface area contributed by atoms with Gasteiger partial charge in [0, 0.05) is 67.5 Å². The lowest BCUT2D eigenvalue weighted by Crippen LogP contribution is -2.52. The summed E-state index contributed by atoms with van der Waals surface area (Å²) in [5.41, 5.74) is 2.93. The van der Waals surface area contributed by atoms with Crippen molar-refractivity contribution in [1.82, 2.24) is 19.9 Å². The number of carbonyl (C=O) groups is 3. The second kappa shape index (κ2) is 10.6. The summed E-state index contributed by atoms with van der Waals surface area (Å²) in [5, 5.41) is 10.1. The first-order valence-corrected chi connectivity index (χ1v) is 14.7. The van der Waals surface area contributed by atoms with Crippen molar-refractivity contribution in [2.75, 3.05) is 19.2 Å². The van der Waals surface area contributed by atoms with Crippen LogP contribution in [0.3, 0.4) is 0 Å². The smallest absolute Gasteiger partial charge is 0.337 e. The van der Waals surface area contributed by atoms with Crippen LogP contribution in [0, 0.1) is 0 Å². The number of Topliss-reactive ketones (excluding diaryl/α,β-unsaturated/α-hetero) is 1. The third-order valence-electron chi connectivity index (χ3n) is 8.48. The van der Waals surface area contributed by atoms with E-state index in [9.17, 15) is 19.5 Å². The van der Waals surface area contributed by atoms with E-state index in [0.29, 0.717) is 65.6 Å². The van der Waals surface area contributed by atoms with E-state index < -0.39 is 11.6 Å². The molecule has 3 aliphatic rings. The van der Waals surface area contributed by atoms with Gasteiger partial charge < -0.3 is 19.5 Å². The lowest BCUT2D eigenvalue weighted by molar-refractivity contribution is -0.00585. The summed E-state index contributed by atoms with van der Waals surface area (Å²) in [6.45, 7) is 0.808. The predicted octanol–water partition coefficient (Wildman–Crippen LogP) is 5.48. The first-order valence-electron chi connectivity index (χ1n) is 14.2. The normalized spacial score (nSPS) is 17.4. The standard InChI is InChI=1S/C32H27ClN4O6/c33-17-42-27-13-24(36-29-22(27)5-8-35-28(29)18-1-2-18)30(39)37-9-6-32(7-10-37)14-25(38)23-12-19(3-4-26(23)43-32)20-11-21(31(40)41)16-34-15-20/h3-5,8,11-13,15-16,18H,1-2,6-7,9-10,14,17H2,(H,40,41). The Hall–Kier alpha value is -4.57. The van der Waals surface area contributed by atoms with Crippen molar-refractivity contribution in [3.63, 3.8) is 0 Å². The lowest BCUT2D eigenvalue weighted by atomic mass is 9.82. The van der Waals surface area contributed by atoms with Crippen molar-refractivity contribution in [2.45, 2.75) is 43.6 Å². The van der Waals surface area contributed by atoms with E-state index >= 15 is 0 Å². The number of carboxylic acid groups (broad SMARTS) is 1. The number of ketones is 1. The van der Waals surface area contributed by atoms with Crippen molar-refractivity contribution in [1.29, 1.82) is 0 Å². The number of nitrogens with zero attached hydrogens (tertiary/aromatic N) is 4. The Labute approximate surface area is 251 Å². The van der Waals surface area contributed by atoms with Crippen LogP contribution in [0.15, 0.2) is 55.0 Å². The number of pyridine rings is 3. The summed E-state index contributed by atoms with van der Waals surface area (Å²) in [6, 6.07) is 10.2. The van der Waals surface area contributed by atoms with Gasteiger partial charge in [0.15, 0.2) is 11.8 Å². The number of aromatic nitrogens is 3. The number of halogens is 1. The largest absolute Gasteiger partial charge is 0.486 e. The average molecular weight is 599 g/mol. The van der Waals surface area contributed by atoms with Gasteiger partial charge in [0.2, 0.25) is 0 Å². The zero-order chi connectivity index (χ0) is 29.7. The lowest BCUT2D eigenvalue weighted by Gasteiger charge is -2.44. The van der Waals surface area contributed by atoms with Gasteiger partial charge in [0.1, 0.15) is 22.8 Å². The molecule has 1 aromatic carbocycles. The first-order chi connectivity index (χ1) is 20.8. The van der Waals surface area contributed by atoms with Gasteiger partial charge in [-0.05, 0) is 42.7 Å². The van der Waals surface area contributed by atoms with Crippen molar-refractivity contribution in [3.8, 4) is 22.6 Å². The number of benzene rings is 1. The molecule has 5 heterocycles. The third-order valence-corrected chi connectivity index (χ3v) is 8.59. The molecule has 0 unspecified atom stereocenters. The minimum Gasteiger partial charge on any atom is -0.486 e. The van der Waals surface area contributed by atoms with Gasteiger partial charge in [-0.15, -0.1) is 0 Å². The zero-order valence-electron chi connectivity index (χ0n) is 23.1. The van der Waals surface area contributed by atoms with Crippen molar-refractivity contribution < 1.29 is 29.0 Å². The highest BCUT2D eigenvalue weighted by atomic mass is 35.5. The summed E-state index contributed by atoms with van der Waals surface area (Å²) < 4.78 is 12.1. The Bertz CT molecular complexity index is 1800. The van der Waals surface area contributed by atoms with Crippen LogP contribution in [-0.2, 0) is 0 Å². The van der Waals surface area contributed by atoms with E-state index in [1.54, 1.807) is 41.6 Å². The number of hydrogen-bond donors (Lipinski definition) is 1. The second-order valence-electron chi connectivity index (χ2n) is 11.3. The van der Waals surface area contributed by atoms with Crippen LogP contribution in [0.25, 0.3) is 22.0 Å². The molecule has 0 radical (unpaired) electrons. The van der Waals surface area contributed by atoms with E-state index in [1.807, 2.05) is 6.07 Å². The minimum absolute atomic E-state index is 0.0515. The molecule has 218 valence electrons. The Morgan fingerprint density at radius 2 is 1.91 bits per heavy atom. The molecule has 0 atom stereocenters. The molecule has 3 aromatic heterocycles. The Morgan fingerprint density at radius 1 is 1.09 bits per heavy atom. The molecule has 11 heteroatoms. The summed E-state index contributed by atoms with van der Waals surface area (Å²) >= 11 is 5.90. The molecule has 1 amide bonds. The van der Waals surface area contributed by atoms with Gasteiger partial charge in [0.25, 0.3) is 5.91 Å². The number of fused-ring (bicyclic) bond motifs is 2. The van der Waals surface area contributed by atoms with Gasteiger partial charge in [-0.3, -0.25) is 19.6 Å². The molecule has 1 spiro atoms. The summed E-state index contributed by atoms with van der Waals surface area (Å²) in [6.07, 6.45) is 7.85. The maximum Gasteiger partial charge on any atom is 0.337 e. The van der Waals surface area contributed by atoms with Crippen LogP contribution in [0.5, 0.6) is 11.5 Å². The number of piperidine rings is 1. The molecule has 2 fully saturated rings. The maximum atomic E-state index is 13.7. The number of amides is 1. The molecule has 4 aromatic rings. The third kappa shape index (κ3) is 5.05. The van der Waals surface area contributed by atoms with Gasteiger partial charge in [-0.2, -0.15) is 0 Å². The fourth-order valence-electron chi connectivity index (χ4n) is 6.03. The number of ether oxygens (including phenoxy) is 2. The van der Waals surface area contributed by atoms with Crippen LogP contribution >= 0.6 is 11.6 Å². The molecule has 1 N–H and O–H groups in total. The number of likely N-dealkylation sites (tertiary alicyclic amines) is 1. The van der Waals surface area contributed by atoms with Crippen LogP contribution in [-0.4, -0.2) is 67.4 Å². The molecule has 7 rings (SSSR count). The van der Waals surface area contributed by atoms with Crippen molar-refractivity contribution in [2.24, 2.45) is 0 Å². The Balaban J connectivity index is 1.10. The minimum atomic E-state index is -1.07. The summed E-state index contributed by atoms with van der Waals surface area (Å²) in [5.74, 6) is -0.00804. The van der Waals surface area contributed by atoms with Crippen LogP contribution in [0.4, 0.5) is 0 Å². The van der Waals surface area contributed by atoms with E-state index in [-0.39, 0.29) is 35.4 Å². The molecule has 1 saturated carbocycles. The fraction of sp³-hybridized carbons (Fsp3) is 0.312. The molecule has 0 bridgehead atoms. The monoisotopic (exact) mass is 598 g/mol. The Morgan fingerprint density at radius 3 is 2.65 bits per heavy atom. The van der Waals surface area contributed by atoms with E-state index in [0.717, 1.165) is 23.9 Å². The number of hydrogen-bond acceptors (Lipinski definition) is 8. The first kappa shape index (κ1) is 27.3. The van der Waals surface area contributed by atoms with Crippen molar-refractivity contribution in [3.05, 3.63) is 77.5 Å². The quantitative estimate of drug-likeness (QED) is 0.286. The molecular weight excluding hydrogens is 572 g/mol. The number of alkyl halides is 1. The molecule has 1 aliphatic carbocycles. The van der Waals surface area contributed by atoms with Crippen LogP contribution in [0.2, 0.25) is 0 Å². The average Bonchev–Trinajstić information content (AvgIpc) is 3.86. The highest BCUT2D eigenvalue weighted by molar-refractivity contribution is 6.17. The highest BCUT2D eigenvalue weighted by Crippen LogP contribution is 2.43. The van der Waals surface area contributed by atoms with Crippen molar-refractivity contribution >= 4 is 40.2 Å². The number of aromatic carboxylic acids is 1. The molecule has 43 heavy (non-hydrogen) atoms. The predicted molar refractivity (Wildman–Crippen MR) is 157 cm³/mol. The Kier molecular flexibility index (Phi) is 6.73. The SMILES string of the molecule is O=C(O)c1cncc(-c2ccc3c(c2)C(=O)CC2(CCN(C(=O)c4cc(OCCl)c5ccnc(C6CC6)c5n4)CC2)O3)c1. The topological polar surface area (TPSA) is 132 Å².